The van der Waals surface area contributed by atoms with Crippen LogP contribution in [0.15, 0.2) is 0 Å². The van der Waals surface area contributed by atoms with E-state index in [4.69, 9.17) is 0 Å². The van der Waals surface area contributed by atoms with Gasteiger partial charge in [-0.3, -0.25) is 4.79 Å². The highest BCUT2D eigenvalue weighted by atomic mass is 16.3. The highest BCUT2D eigenvalue weighted by Crippen LogP contribution is 2.44. The maximum absolute atomic E-state index is 12.5. The largest absolute Gasteiger partial charge is 0.392 e. The Hall–Kier alpha value is -0.570. The van der Waals surface area contributed by atoms with E-state index in [1.54, 1.807) is 0 Å². The fourth-order valence-electron chi connectivity index (χ4n) is 4.55. The summed E-state index contributed by atoms with van der Waals surface area (Å²) in [6.07, 6.45) is 9.36. The number of hydrogen-bond acceptors (Lipinski definition) is 2. The number of carbonyl (C=O) groups is 1. The molecule has 3 heteroatoms. The maximum Gasteiger partial charge on any atom is 0.223 e. The molecule has 0 bridgehead atoms. The Morgan fingerprint density at radius 2 is 1.75 bits per heavy atom. The number of aliphatic hydroxyl groups is 1. The van der Waals surface area contributed by atoms with Crippen LogP contribution in [0, 0.1) is 23.2 Å². The van der Waals surface area contributed by atoms with Crippen molar-refractivity contribution in [1.82, 2.24) is 5.32 Å². The highest BCUT2D eigenvalue weighted by molar-refractivity contribution is 5.79. The van der Waals surface area contributed by atoms with Gasteiger partial charge >= 0.3 is 0 Å². The molecule has 2 N–H and O–H groups in total. The van der Waals surface area contributed by atoms with Crippen LogP contribution in [0.25, 0.3) is 0 Å². The molecule has 3 aliphatic rings. The Labute approximate surface area is 122 Å². The number of amides is 1. The standard InChI is InChI=1S/C17H29NO2/c1-17(2)14(10-15(17)19)18-16(20)13-8-7-11-5-3-4-6-12(11)9-13/h11-15,19H,3-10H2,1-2H3,(H,18,20). The third-order valence-electron chi connectivity index (χ3n) is 6.44. The normalized spacial score (nSPS) is 43.2. The summed E-state index contributed by atoms with van der Waals surface area (Å²) in [7, 11) is 0. The van der Waals surface area contributed by atoms with Gasteiger partial charge in [0.25, 0.3) is 0 Å². The van der Waals surface area contributed by atoms with E-state index < -0.39 is 0 Å². The Morgan fingerprint density at radius 3 is 2.40 bits per heavy atom. The zero-order chi connectivity index (χ0) is 14.3. The zero-order valence-corrected chi connectivity index (χ0v) is 12.9. The summed E-state index contributed by atoms with van der Waals surface area (Å²) in [5.74, 6) is 2.17. The van der Waals surface area contributed by atoms with Gasteiger partial charge in [-0.25, -0.2) is 0 Å². The van der Waals surface area contributed by atoms with E-state index >= 15 is 0 Å². The molecule has 3 aliphatic carbocycles. The zero-order valence-electron chi connectivity index (χ0n) is 12.9. The van der Waals surface area contributed by atoms with Crippen LogP contribution in [0.1, 0.15) is 65.2 Å². The van der Waals surface area contributed by atoms with E-state index in [0.29, 0.717) is 0 Å². The lowest BCUT2D eigenvalue weighted by atomic mass is 9.64. The molecule has 0 aliphatic heterocycles. The van der Waals surface area contributed by atoms with Crippen molar-refractivity contribution < 1.29 is 9.90 Å². The summed E-state index contributed by atoms with van der Waals surface area (Å²) >= 11 is 0. The van der Waals surface area contributed by atoms with Crippen molar-refractivity contribution in [2.45, 2.75) is 77.4 Å². The van der Waals surface area contributed by atoms with E-state index in [0.717, 1.165) is 31.1 Å². The van der Waals surface area contributed by atoms with Crippen molar-refractivity contribution in [3.63, 3.8) is 0 Å². The molecule has 20 heavy (non-hydrogen) atoms. The van der Waals surface area contributed by atoms with Gasteiger partial charge in [0.1, 0.15) is 0 Å². The Bertz CT molecular complexity index is 379. The van der Waals surface area contributed by atoms with Crippen LogP contribution >= 0.6 is 0 Å². The molecule has 1 amide bonds. The van der Waals surface area contributed by atoms with Crippen LogP contribution in [-0.2, 0) is 4.79 Å². The van der Waals surface area contributed by atoms with E-state index in [9.17, 15) is 9.90 Å². The van der Waals surface area contributed by atoms with E-state index in [1.165, 1.54) is 32.1 Å². The fourth-order valence-corrected chi connectivity index (χ4v) is 4.55. The van der Waals surface area contributed by atoms with Crippen molar-refractivity contribution in [2.24, 2.45) is 23.2 Å². The van der Waals surface area contributed by atoms with Crippen molar-refractivity contribution in [3.05, 3.63) is 0 Å². The summed E-state index contributed by atoms with van der Waals surface area (Å²) in [5.41, 5.74) is -0.155. The molecular weight excluding hydrogens is 250 g/mol. The Balaban J connectivity index is 1.53. The molecule has 3 saturated carbocycles. The molecule has 3 nitrogen and oxygen atoms in total. The number of rotatable bonds is 2. The van der Waals surface area contributed by atoms with Gasteiger partial charge in [-0.2, -0.15) is 0 Å². The average Bonchev–Trinajstić information content (AvgIpc) is 2.46. The Morgan fingerprint density at radius 1 is 1.05 bits per heavy atom. The third kappa shape index (κ3) is 2.49. The van der Waals surface area contributed by atoms with Crippen LogP contribution in [0.5, 0.6) is 0 Å². The summed E-state index contributed by atoms with van der Waals surface area (Å²) in [4.78, 5) is 12.5. The molecule has 0 saturated heterocycles. The fraction of sp³-hybridized carbons (Fsp3) is 0.941. The first-order valence-corrected chi connectivity index (χ1v) is 8.47. The minimum atomic E-state index is -0.262. The van der Waals surface area contributed by atoms with Crippen molar-refractivity contribution in [3.8, 4) is 0 Å². The molecule has 0 aromatic heterocycles. The highest BCUT2D eigenvalue weighted by Gasteiger charge is 2.48. The molecule has 0 aromatic carbocycles. The van der Waals surface area contributed by atoms with E-state index in [1.807, 2.05) is 13.8 Å². The van der Waals surface area contributed by atoms with Gasteiger partial charge in [-0.05, 0) is 37.5 Å². The van der Waals surface area contributed by atoms with Crippen LogP contribution in [0.4, 0.5) is 0 Å². The summed E-state index contributed by atoms with van der Waals surface area (Å²) in [6, 6.07) is 0.161. The van der Waals surface area contributed by atoms with Crippen LogP contribution < -0.4 is 5.32 Å². The topological polar surface area (TPSA) is 49.3 Å². The second-order valence-corrected chi connectivity index (χ2v) is 7.95. The van der Waals surface area contributed by atoms with Gasteiger partial charge in [-0.1, -0.05) is 39.5 Å². The molecule has 5 atom stereocenters. The summed E-state index contributed by atoms with van der Waals surface area (Å²) < 4.78 is 0. The molecule has 3 rings (SSSR count). The van der Waals surface area contributed by atoms with Gasteiger partial charge in [0.05, 0.1) is 6.10 Å². The first-order chi connectivity index (χ1) is 9.48. The van der Waals surface area contributed by atoms with Crippen molar-refractivity contribution in [1.29, 1.82) is 0 Å². The lowest BCUT2D eigenvalue weighted by Gasteiger charge is -2.50. The monoisotopic (exact) mass is 279 g/mol. The number of hydrogen-bond donors (Lipinski definition) is 2. The third-order valence-corrected chi connectivity index (χ3v) is 6.44. The van der Waals surface area contributed by atoms with Crippen LogP contribution in [-0.4, -0.2) is 23.2 Å². The van der Waals surface area contributed by atoms with Gasteiger partial charge in [0, 0.05) is 17.4 Å². The quantitative estimate of drug-likeness (QED) is 0.816. The first kappa shape index (κ1) is 14.4. The second kappa shape index (κ2) is 5.32. The number of carbonyl (C=O) groups excluding carboxylic acids is 1. The second-order valence-electron chi connectivity index (χ2n) is 7.95. The maximum atomic E-state index is 12.5. The van der Waals surface area contributed by atoms with Gasteiger partial charge in [0.15, 0.2) is 0 Å². The molecule has 0 spiro atoms. The van der Waals surface area contributed by atoms with E-state index in [-0.39, 0.29) is 29.4 Å². The van der Waals surface area contributed by atoms with Gasteiger partial charge in [0.2, 0.25) is 5.91 Å². The van der Waals surface area contributed by atoms with Crippen LogP contribution in [0.3, 0.4) is 0 Å². The molecule has 0 radical (unpaired) electrons. The molecule has 3 fully saturated rings. The lowest BCUT2D eigenvalue weighted by molar-refractivity contribution is -0.135. The minimum absolute atomic E-state index is 0.155. The number of nitrogens with one attached hydrogen (secondary N) is 1. The molecule has 0 aromatic rings. The SMILES string of the molecule is CC1(C)C(O)CC1NC(=O)C1CCC2CCCCC2C1. The Kier molecular flexibility index (Phi) is 3.83. The predicted octanol–water partition coefficient (Wildman–Crippen LogP) is 2.87. The van der Waals surface area contributed by atoms with Gasteiger partial charge < -0.3 is 10.4 Å². The molecular formula is C17H29NO2. The van der Waals surface area contributed by atoms with Crippen molar-refractivity contribution >= 4 is 5.91 Å². The molecule has 0 heterocycles. The summed E-state index contributed by atoms with van der Waals surface area (Å²) in [5, 5.41) is 13.0. The average molecular weight is 279 g/mol. The lowest BCUT2D eigenvalue weighted by Crippen LogP contribution is -2.62. The number of aliphatic hydroxyl groups excluding tert-OH is 1. The minimum Gasteiger partial charge on any atom is -0.392 e. The smallest absolute Gasteiger partial charge is 0.223 e. The van der Waals surface area contributed by atoms with Gasteiger partial charge in [-0.15, -0.1) is 0 Å². The predicted molar refractivity (Wildman–Crippen MR) is 79.1 cm³/mol. The molecule has 5 unspecified atom stereocenters. The summed E-state index contributed by atoms with van der Waals surface area (Å²) in [6.45, 7) is 4.09. The van der Waals surface area contributed by atoms with Crippen LogP contribution in [0.2, 0.25) is 0 Å². The van der Waals surface area contributed by atoms with Crippen molar-refractivity contribution in [2.75, 3.05) is 0 Å². The first-order valence-electron chi connectivity index (χ1n) is 8.47. The molecule has 114 valence electrons. The van der Waals surface area contributed by atoms with E-state index in [2.05, 4.69) is 5.32 Å². The number of fused-ring (bicyclic) bond motifs is 1.